The Labute approximate surface area is 62.2 Å². The van der Waals surface area contributed by atoms with Crippen molar-refractivity contribution in [2.24, 2.45) is 5.92 Å². The lowest BCUT2D eigenvalue weighted by Crippen LogP contribution is -1.90. The first-order valence-electron chi connectivity index (χ1n) is 3.88. The van der Waals surface area contributed by atoms with Gasteiger partial charge in [-0.25, -0.2) is 0 Å². The summed E-state index contributed by atoms with van der Waals surface area (Å²) in [5.41, 5.74) is 0. The quantitative estimate of drug-likeness (QED) is 0.645. The van der Waals surface area contributed by atoms with E-state index in [1.165, 1.54) is 12.8 Å². The predicted octanol–water partition coefficient (Wildman–Crippen LogP) is 2.29. The SMILES string of the molecule is CC1CC1.CCCC(=O)O. The fourth-order valence-electron chi connectivity index (χ4n) is 0.381. The fourth-order valence-corrected chi connectivity index (χ4v) is 0.381. The molecule has 60 valence electrons. The molecule has 0 aliphatic heterocycles. The van der Waals surface area contributed by atoms with E-state index in [0.717, 1.165) is 12.3 Å². The van der Waals surface area contributed by atoms with Crippen LogP contribution in [0.1, 0.15) is 39.5 Å². The topological polar surface area (TPSA) is 37.3 Å². The zero-order valence-electron chi connectivity index (χ0n) is 6.76. The van der Waals surface area contributed by atoms with E-state index >= 15 is 0 Å². The number of rotatable bonds is 2. The lowest BCUT2D eigenvalue weighted by molar-refractivity contribution is -0.137. The van der Waals surface area contributed by atoms with Crippen LogP contribution < -0.4 is 0 Å². The molecule has 0 bridgehead atoms. The molecule has 0 heterocycles. The third-order valence-electron chi connectivity index (χ3n) is 1.33. The van der Waals surface area contributed by atoms with Crippen molar-refractivity contribution in [1.82, 2.24) is 0 Å². The molecule has 0 aromatic rings. The Morgan fingerprint density at radius 2 is 2.00 bits per heavy atom. The number of hydrogen-bond acceptors (Lipinski definition) is 1. The molecule has 1 rings (SSSR count). The Kier molecular flexibility index (Phi) is 4.99. The highest BCUT2D eigenvalue weighted by Gasteiger charge is 2.12. The van der Waals surface area contributed by atoms with E-state index in [-0.39, 0.29) is 0 Å². The Balaban J connectivity index is 0.000000172. The minimum Gasteiger partial charge on any atom is -0.481 e. The lowest BCUT2D eigenvalue weighted by Gasteiger charge is -1.79. The molecule has 2 heteroatoms. The molecule has 0 spiro atoms. The molecule has 1 saturated carbocycles. The van der Waals surface area contributed by atoms with Crippen molar-refractivity contribution in [2.45, 2.75) is 39.5 Å². The van der Waals surface area contributed by atoms with Gasteiger partial charge in [0, 0.05) is 6.42 Å². The largest absolute Gasteiger partial charge is 0.481 e. The first-order chi connectivity index (χ1) is 4.66. The summed E-state index contributed by atoms with van der Waals surface area (Å²) in [6.45, 7) is 4.12. The predicted molar refractivity (Wildman–Crippen MR) is 40.9 cm³/mol. The van der Waals surface area contributed by atoms with Crippen LogP contribution in [0.25, 0.3) is 0 Å². The average molecular weight is 144 g/mol. The van der Waals surface area contributed by atoms with Gasteiger partial charge in [-0.15, -0.1) is 0 Å². The van der Waals surface area contributed by atoms with Crippen molar-refractivity contribution < 1.29 is 9.90 Å². The Hall–Kier alpha value is -0.530. The van der Waals surface area contributed by atoms with Crippen LogP contribution in [0.15, 0.2) is 0 Å². The second-order valence-electron chi connectivity index (χ2n) is 2.83. The van der Waals surface area contributed by atoms with E-state index in [2.05, 4.69) is 6.92 Å². The molecular weight excluding hydrogens is 128 g/mol. The molecule has 1 N–H and O–H groups in total. The Bertz CT molecular complexity index is 95.4. The van der Waals surface area contributed by atoms with Crippen LogP contribution in [0, 0.1) is 5.92 Å². The Morgan fingerprint density at radius 3 is 2.00 bits per heavy atom. The van der Waals surface area contributed by atoms with Crippen molar-refractivity contribution in [3.8, 4) is 0 Å². The fraction of sp³-hybridized carbons (Fsp3) is 0.875. The van der Waals surface area contributed by atoms with Gasteiger partial charge in [0.25, 0.3) is 0 Å². The smallest absolute Gasteiger partial charge is 0.303 e. The molecule has 0 aromatic carbocycles. The summed E-state index contributed by atoms with van der Waals surface area (Å²) < 4.78 is 0. The summed E-state index contributed by atoms with van der Waals surface area (Å²) in [7, 11) is 0. The van der Waals surface area contributed by atoms with Crippen LogP contribution in [0.4, 0.5) is 0 Å². The molecule has 1 fully saturated rings. The van der Waals surface area contributed by atoms with Gasteiger partial charge in [-0.3, -0.25) is 4.79 Å². The van der Waals surface area contributed by atoms with Crippen LogP contribution in [-0.4, -0.2) is 11.1 Å². The molecule has 0 radical (unpaired) electrons. The van der Waals surface area contributed by atoms with Crippen molar-refractivity contribution in [3.63, 3.8) is 0 Å². The van der Waals surface area contributed by atoms with E-state index < -0.39 is 5.97 Å². The number of carboxylic acids is 1. The van der Waals surface area contributed by atoms with Crippen LogP contribution in [0.2, 0.25) is 0 Å². The number of carboxylic acid groups (broad SMARTS) is 1. The van der Waals surface area contributed by atoms with Gasteiger partial charge in [0.05, 0.1) is 0 Å². The maximum atomic E-state index is 9.60. The summed E-state index contributed by atoms with van der Waals surface area (Å²) in [5, 5.41) is 7.91. The minimum atomic E-state index is -0.711. The minimum absolute atomic E-state index is 0.292. The van der Waals surface area contributed by atoms with Gasteiger partial charge in [-0.1, -0.05) is 26.7 Å². The van der Waals surface area contributed by atoms with Crippen LogP contribution >= 0.6 is 0 Å². The van der Waals surface area contributed by atoms with Crippen molar-refractivity contribution in [3.05, 3.63) is 0 Å². The first kappa shape index (κ1) is 9.47. The molecule has 1 aliphatic rings. The van der Waals surface area contributed by atoms with Crippen molar-refractivity contribution in [2.75, 3.05) is 0 Å². The second kappa shape index (κ2) is 5.27. The average Bonchev–Trinajstić information content (AvgIpc) is 2.52. The summed E-state index contributed by atoms with van der Waals surface area (Å²) in [6, 6.07) is 0. The maximum absolute atomic E-state index is 9.60. The summed E-state index contributed by atoms with van der Waals surface area (Å²) >= 11 is 0. The zero-order chi connectivity index (χ0) is 7.98. The van der Waals surface area contributed by atoms with Gasteiger partial charge in [-0.2, -0.15) is 0 Å². The number of hydrogen-bond donors (Lipinski definition) is 1. The highest BCUT2D eigenvalue weighted by atomic mass is 16.4. The monoisotopic (exact) mass is 144 g/mol. The summed E-state index contributed by atoms with van der Waals surface area (Å²) in [5.74, 6) is 0.373. The number of aliphatic carboxylic acids is 1. The van der Waals surface area contributed by atoms with E-state index in [4.69, 9.17) is 5.11 Å². The van der Waals surface area contributed by atoms with Crippen LogP contribution in [0.3, 0.4) is 0 Å². The molecule has 0 aromatic heterocycles. The molecule has 0 atom stereocenters. The molecule has 1 aliphatic carbocycles. The van der Waals surface area contributed by atoms with E-state index in [1.807, 2.05) is 6.92 Å². The molecule has 0 saturated heterocycles. The maximum Gasteiger partial charge on any atom is 0.303 e. The lowest BCUT2D eigenvalue weighted by atomic mass is 10.4. The molecule has 10 heavy (non-hydrogen) atoms. The zero-order valence-corrected chi connectivity index (χ0v) is 6.76. The van der Waals surface area contributed by atoms with Crippen LogP contribution in [-0.2, 0) is 4.79 Å². The molecule has 0 amide bonds. The van der Waals surface area contributed by atoms with Crippen molar-refractivity contribution in [1.29, 1.82) is 0 Å². The third-order valence-corrected chi connectivity index (χ3v) is 1.33. The van der Waals surface area contributed by atoms with Crippen molar-refractivity contribution >= 4 is 5.97 Å². The highest BCUT2D eigenvalue weighted by Crippen LogP contribution is 2.26. The number of carbonyl (C=O) groups is 1. The van der Waals surface area contributed by atoms with Gasteiger partial charge >= 0.3 is 5.97 Å². The van der Waals surface area contributed by atoms with E-state index in [0.29, 0.717) is 6.42 Å². The van der Waals surface area contributed by atoms with E-state index in [9.17, 15) is 4.79 Å². The van der Waals surface area contributed by atoms with Gasteiger partial charge in [0.1, 0.15) is 0 Å². The summed E-state index contributed by atoms with van der Waals surface area (Å²) in [4.78, 5) is 9.60. The second-order valence-corrected chi connectivity index (χ2v) is 2.83. The first-order valence-corrected chi connectivity index (χ1v) is 3.88. The summed E-state index contributed by atoms with van der Waals surface area (Å²) in [6.07, 6.45) is 4.00. The van der Waals surface area contributed by atoms with Gasteiger partial charge in [-0.05, 0) is 12.3 Å². The standard InChI is InChI=1S/C4H8O2.C4H8/c1-2-3-4(5)6;1-4-2-3-4/h2-3H2,1H3,(H,5,6);4H,2-3H2,1H3. The normalized spacial score (nSPS) is 15.4. The molecule has 0 unspecified atom stereocenters. The van der Waals surface area contributed by atoms with Gasteiger partial charge in [0.15, 0.2) is 0 Å². The molecular formula is C8H16O2. The highest BCUT2D eigenvalue weighted by molar-refractivity contribution is 5.66. The van der Waals surface area contributed by atoms with Crippen LogP contribution in [0.5, 0.6) is 0 Å². The third kappa shape index (κ3) is 10.5. The van der Waals surface area contributed by atoms with E-state index in [1.54, 1.807) is 0 Å². The van der Waals surface area contributed by atoms with Gasteiger partial charge in [0.2, 0.25) is 0 Å². The molecule has 2 nitrogen and oxygen atoms in total. The van der Waals surface area contributed by atoms with Gasteiger partial charge < -0.3 is 5.11 Å². The Morgan fingerprint density at radius 1 is 1.60 bits per heavy atom.